The van der Waals surface area contributed by atoms with Gasteiger partial charge in [0, 0.05) is 38.9 Å². The Morgan fingerprint density at radius 3 is 2.33 bits per heavy atom. The van der Waals surface area contributed by atoms with E-state index < -0.39 is 0 Å². The summed E-state index contributed by atoms with van der Waals surface area (Å²) in [6.07, 6.45) is 1.99. The predicted octanol–water partition coefficient (Wildman–Crippen LogP) is 2.34. The molecule has 1 N–H and O–H groups in total. The quantitative estimate of drug-likeness (QED) is 0.891. The van der Waals surface area contributed by atoms with Gasteiger partial charge in [-0.15, -0.1) is 0 Å². The van der Waals surface area contributed by atoms with Crippen LogP contribution < -0.4 is 4.90 Å². The van der Waals surface area contributed by atoms with E-state index in [2.05, 4.69) is 57.2 Å². The largest absolute Gasteiger partial charge is 0.356 e. The van der Waals surface area contributed by atoms with Gasteiger partial charge in [0.05, 0.1) is 0 Å². The number of rotatable bonds is 3. The van der Waals surface area contributed by atoms with Crippen LogP contribution >= 0.6 is 0 Å². The minimum absolute atomic E-state index is 1.07. The fourth-order valence-electron chi connectivity index (χ4n) is 2.51. The highest BCUT2D eigenvalue weighted by Gasteiger charge is 2.17. The molecule has 2 heterocycles. The van der Waals surface area contributed by atoms with Crippen molar-refractivity contribution in [3.8, 4) is 0 Å². The van der Waals surface area contributed by atoms with Crippen molar-refractivity contribution < 1.29 is 0 Å². The van der Waals surface area contributed by atoms with Crippen molar-refractivity contribution in [1.29, 1.82) is 0 Å². The molecule has 0 unspecified atom stereocenters. The summed E-state index contributed by atoms with van der Waals surface area (Å²) in [5.41, 5.74) is 1.41. The normalized spacial score (nSPS) is 17.0. The van der Waals surface area contributed by atoms with Gasteiger partial charge in [-0.25, -0.2) is 0 Å². The number of hydrogen-bond donors (Lipinski definition) is 1. The molecule has 0 amide bonds. The summed E-state index contributed by atoms with van der Waals surface area (Å²) < 4.78 is 0. The number of anilines is 1. The van der Waals surface area contributed by atoms with Gasteiger partial charge in [-0.1, -0.05) is 30.3 Å². The molecule has 0 atom stereocenters. The lowest BCUT2D eigenvalue weighted by Gasteiger charge is -2.35. The van der Waals surface area contributed by atoms with E-state index in [1.54, 1.807) is 0 Å². The van der Waals surface area contributed by atoms with Crippen LogP contribution in [0.15, 0.2) is 48.7 Å². The van der Waals surface area contributed by atoms with Crippen LogP contribution in [0.2, 0.25) is 0 Å². The first kappa shape index (κ1) is 11.4. The topological polar surface area (TPSA) is 22.3 Å². The zero-order valence-corrected chi connectivity index (χ0v) is 10.5. The fourth-order valence-corrected chi connectivity index (χ4v) is 2.51. The standard InChI is InChI=1S/C15H19N3/c1-2-5-14(6-3-1)13-17-9-11-18(12-10-17)15-7-4-8-16-15/h1-8,16H,9-13H2. The lowest BCUT2D eigenvalue weighted by Crippen LogP contribution is -2.46. The highest BCUT2D eigenvalue weighted by molar-refractivity contribution is 5.39. The Balaban J connectivity index is 1.54. The van der Waals surface area contributed by atoms with Crippen LogP contribution in [0.4, 0.5) is 5.82 Å². The highest BCUT2D eigenvalue weighted by atomic mass is 15.3. The summed E-state index contributed by atoms with van der Waals surface area (Å²) in [7, 11) is 0. The molecule has 0 radical (unpaired) electrons. The molecule has 1 saturated heterocycles. The fraction of sp³-hybridized carbons (Fsp3) is 0.333. The minimum Gasteiger partial charge on any atom is -0.356 e. The van der Waals surface area contributed by atoms with Crippen molar-refractivity contribution in [1.82, 2.24) is 9.88 Å². The van der Waals surface area contributed by atoms with Crippen LogP contribution in [0.1, 0.15) is 5.56 Å². The van der Waals surface area contributed by atoms with Gasteiger partial charge >= 0.3 is 0 Å². The summed E-state index contributed by atoms with van der Waals surface area (Å²) in [4.78, 5) is 8.22. The molecule has 3 heteroatoms. The molecule has 0 bridgehead atoms. The number of hydrogen-bond acceptors (Lipinski definition) is 2. The first-order valence-corrected chi connectivity index (χ1v) is 6.56. The van der Waals surface area contributed by atoms with Crippen LogP contribution in [0, 0.1) is 0 Å². The third-order valence-electron chi connectivity index (χ3n) is 3.54. The third kappa shape index (κ3) is 2.57. The van der Waals surface area contributed by atoms with E-state index in [4.69, 9.17) is 0 Å². The van der Waals surface area contributed by atoms with Gasteiger partial charge < -0.3 is 9.88 Å². The second kappa shape index (κ2) is 5.27. The SMILES string of the molecule is c1ccc(CN2CCN(c3ccc[nH]3)CC2)cc1. The Morgan fingerprint density at radius 1 is 0.889 bits per heavy atom. The molecule has 1 fully saturated rings. The van der Waals surface area contributed by atoms with E-state index in [-0.39, 0.29) is 0 Å². The third-order valence-corrected chi connectivity index (χ3v) is 3.54. The van der Waals surface area contributed by atoms with E-state index in [9.17, 15) is 0 Å². The molecule has 0 saturated carbocycles. The number of benzene rings is 1. The molecule has 94 valence electrons. The van der Waals surface area contributed by atoms with Crippen molar-refractivity contribution in [2.75, 3.05) is 31.1 Å². The number of nitrogens with one attached hydrogen (secondary N) is 1. The smallest absolute Gasteiger partial charge is 0.105 e. The molecule has 1 aliphatic rings. The maximum atomic E-state index is 3.28. The molecule has 0 aliphatic carbocycles. The van der Waals surface area contributed by atoms with Crippen molar-refractivity contribution >= 4 is 5.82 Å². The van der Waals surface area contributed by atoms with E-state index in [1.165, 1.54) is 11.4 Å². The van der Waals surface area contributed by atoms with Crippen molar-refractivity contribution in [2.45, 2.75) is 6.54 Å². The van der Waals surface area contributed by atoms with Gasteiger partial charge in [0.25, 0.3) is 0 Å². The lowest BCUT2D eigenvalue weighted by atomic mass is 10.2. The Kier molecular flexibility index (Phi) is 3.33. The number of aromatic nitrogens is 1. The number of aromatic amines is 1. The second-order valence-corrected chi connectivity index (χ2v) is 4.80. The monoisotopic (exact) mass is 241 g/mol. The van der Waals surface area contributed by atoms with E-state index in [1.807, 2.05) is 6.20 Å². The molecule has 1 aliphatic heterocycles. The maximum Gasteiger partial charge on any atom is 0.105 e. The van der Waals surface area contributed by atoms with Crippen molar-refractivity contribution in [2.24, 2.45) is 0 Å². The van der Waals surface area contributed by atoms with E-state index >= 15 is 0 Å². The second-order valence-electron chi connectivity index (χ2n) is 4.80. The summed E-state index contributed by atoms with van der Waals surface area (Å²) in [5.74, 6) is 1.24. The van der Waals surface area contributed by atoms with Crippen LogP contribution in [0.25, 0.3) is 0 Å². The molecule has 3 rings (SSSR count). The molecule has 1 aromatic heterocycles. The Hall–Kier alpha value is -1.74. The Labute approximate surface area is 108 Å². The van der Waals surface area contributed by atoms with Gasteiger partial charge in [-0.05, 0) is 17.7 Å². The van der Waals surface area contributed by atoms with Crippen LogP contribution in [-0.2, 0) is 6.54 Å². The average Bonchev–Trinajstić information content (AvgIpc) is 2.95. The van der Waals surface area contributed by atoms with Crippen molar-refractivity contribution in [3.05, 3.63) is 54.2 Å². The number of piperazine rings is 1. The number of H-pyrrole nitrogens is 1. The van der Waals surface area contributed by atoms with Crippen LogP contribution in [0.3, 0.4) is 0 Å². The highest BCUT2D eigenvalue weighted by Crippen LogP contribution is 2.14. The molecular weight excluding hydrogens is 222 g/mol. The summed E-state index contributed by atoms with van der Waals surface area (Å²) in [6, 6.07) is 14.9. The van der Waals surface area contributed by atoms with Gasteiger partial charge in [-0.2, -0.15) is 0 Å². The maximum absolute atomic E-state index is 3.28. The zero-order chi connectivity index (χ0) is 12.2. The van der Waals surface area contributed by atoms with Crippen LogP contribution in [0.5, 0.6) is 0 Å². The molecule has 2 aromatic rings. The van der Waals surface area contributed by atoms with Gasteiger partial charge in [0.1, 0.15) is 5.82 Å². The van der Waals surface area contributed by atoms with E-state index in [0.29, 0.717) is 0 Å². The summed E-state index contributed by atoms with van der Waals surface area (Å²) in [5, 5.41) is 0. The summed E-state index contributed by atoms with van der Waals surface area (Å²) in [6.45, 7) is 5.54. The Bertz CT molecular complexity index is 456. The average molecular weight is 241 g/mol. The summed E-state index contributed by atoms with van der Waals surface area (Å²) >= 11 is 0. The molecule has 3 nitrogen and oxygen atoms in total. The number of nitrogens with zero attached hydrogens (tertiary/aromatic N) is 2. The van der Waals surface area contributed by atoms with Gasteiger partial charge in [0.15, 0.2) is 0 Å². The predicted molar refractivity (Wildman–Crippen MR) is 74.7 cm³/mol. The molecule has 1 aromatic carbocycles. The van der Waals surface area contributed by atoms with Gasteiger partial charge in [0.2, 0.25) is 0 Å². The first-order valence-electron chi connectivity index (χ1n) is 6.56. The minimum atomic E-state index is 1.07. The van der Waals surface area contributed by atoms with Crippen LogP contribution in [-0.4, -0.2) is 36.1 Å². The molecule has 18 heavy (non-hydrogen) atoms. The lowest BCUT2D eigenvalue weighted by molar-refractivity contribution is 0.249. The zero-order valence-electron chi connectivity index (χ0n) is 10.5. The van der Waals surface area contributed by atoms with Gasteiger partial charge in [-0.3, -0.25) is 4.90 Å². The first-order chi connectivity index (χ1) is 8.92. The van der Waals surface area contributed by atoms with Crippen molar-refractivity contribution in [3.63, 3.8) is 0 Å². The molecular formula is C15H19N3. The van der Waals surface area contributed by atoms with E-state index in [0.717, 1.165) is 32.7 Å². The Morgan fingerprint density at radius 2 is 1.67 bits per heavy atom. The molecule has 0 spiro atoms.